The molecule has 2 aromatic heterocycles. The van der Waals surface area contributed by atoms with Gasteiger partial charge in [0.25, 0.3) is 0 Å². The van der Waals surface area contributed by atoms with Gasteiger partial charge in [0.1, 0.15) is 16.6 Å². The number of imidazole rings is 1. The van der Waals surface area contributed by atoms with E-state index < -0.39 is 0 Å². The van der Waals surface area contributed by atoms with E-state index in [0.717, 1.165) is 65.4 Å². The van der Waals surface area contributed by atoms with E-state index in [4.69, 9.17) is 12.2 Å². The topological polar surface area (TPSA) is 58.0 Å². The van der Waals surface area contributed by atoms with Crippen LogP contribution in [0.15, 0.2) is 60.9 Å². The predicted molar refractivity (Wildman–Crippen MR) is 136 cm³/mol. The van der Waals surface area contributed by atoms with Crippen LogP contribution in [0.3, 0.4) is 0 Å². The Morgan fingerprint density at radius 1 is 1.00 bits per heavy atom. The summed E-state index contributed by atoms with van der Waals surface area (Å²) in [5, 5.41) is 8.92. The van der Waals surface area contributed by atoms with Crippen LogP contribution in [0.1, 0.15) is 11.4 Å². The van der Waals surface area contributed by atoms with Crippen molar-refractivity contribution in [1.82, 2.24) is 19.9 Å². The molecule has 6 nitrogen and oxygen atoms in total. The van der Waals surface area contributed by atoms with Crippen LogP contribution in [0.25, 0.3) is 22.0 Å². The van der Waals surface area contributed by atoms with Gasteiger partial charge in [0.05, 0.1) is 11.9 Å². The Labute approximate surface area is 193 Å². The molecule has 3 heterocycles. The van der Waals surface area contributed by atoms with Gasteiger partial charge in [-0.3, -0.25) is 0 Å². The molecule has 0 unspecified atom stereocenters. The van der Waals surface area contributed by atoms with Crippen LogP contribution in [0.4, 0.5) is 11.5 Å². The number of thiocarbonyl (C=S) groups is 1. The van der Waals surface area contributed by atoms with Crippen LogP contribution in [-0.4, -0.2) is 45.7 Å². The van der Waals surface area contributed by atoms with Gasteiger partial charge in [0.15, 0.2) is 0 Å². The molecule has 0 amide bonds. The van der Waals surface area contributed by atoms with Crippen molar-refractivity contribution >= 4 is 39.5 Å². The fourth-order valence-corrected chi connectivity index (χ4v) is 4.33. The van der Waals surface area contributed by atoms with Gasteiger partial charge in [-0.15, -0.1) is 0 Å². The number of aromatic nitrogens is 3. The fraction of sp³-hybridized carbons (Fsp3) is 0.240. The summed E-state index contributed by atoms with van der Waals surface area (Å²) >= 11 is 5.71. The molecule has 7 heteroatoms. The number of nitrogens with one attached hydrogen (secondary N) is 2. The number of anilines is 2. The molecule has 5 rings (SSSR count). The van der Waals surface area contributed by atoms with E-state index in [1.807, 2.05) is 32.4 Å². The van der Waals surface area contributed by atoms with Crippen molar-refractivity contribution < 1.29 is 0 Å². The summed E-state index contributed by atoms with van der Waals surface area (Å²) in [4.78, 5) is 12.1. The summed E-state index contributed by atoms with van der Waals surface area (Å²) in [6, 6.07) is 16.8. The van der Waals surface area contributed by atoms with E-state index in [1.165, 1.54) is 5.69 Å². The van der Waals surface area contributed by atoms with Gasteiger partial charge < -0.3 is 20.1 Å². The third-order valence-corrected chi connectivity index (χ3v) is 6.41. The van der Waals surface area contributed by atoms with E-state index in [9.17, 15) is 0 Å². The lowest BCUT2D eigenvalue weighted by Crippen LogP contribution is -2.43. The minimum absolute atomic E-state index is 0.673. The molecule has 0 spiro atoms. The fourth-order valence-electron chi connectivity index (χ4n) is 4.09. The molecule has 2 aromatic carbocycles. The Morgan fingerprint density at radius 2 is 1.84 bits per heavy atom. The lowest BCUT2D eigenvalue weighted by molar-refractivity contribution is 0.589. The number of hydrogen-bond acceptors (Lipinski definition) is 5. The van der Waals surface area contributed by atoms with E-state index in [2.05, 4.69) is 72.5 Å². The van der Waals surface area contributed by atoms with Crippen LogP contribution >= 0.6 is 12.2 Å². The molecular formula is C25H26N6S. The van der Waals surface area contributed by atoms with Crippen molar-refractivity contribution in [1.29, 1.82) is 0 Å². The second kappa shape index (κ2) is 8.68. The molecule has 2 N–H and O–H groups in total. The lowest BCUT2D eigenvalue weighted by Gasteiger charge is -2.29. The second-order valence-corrected chi connectivity index (χ2v) is 8.53. The zero-order valence-corrected chi connectivity index (χ0v) is 19.1. The number of nitrogens with zero attached hydrogens (tertiary/aromatic N) is 4. The molecule has 0 bridgehead atoms. The van der Waals surface area contributed by atoms with Crippen molar-refractivity contribution in [3.05, 3.63) is 72.3 Å². The number of fused-ring (bicyclic) bond motifs is 1. The Morgan fingerprint density at radius 3 is 2.62 bits per heavy atom. The van der Waals surface area contributed by atoms with Gasteiger partial charge >= 0.3 is 0 Å². The summed E-state index contributed by atoms with van der Waals surface area (Å²) in [7, 11) is 2.04. The van der Waals surface area contributed by atoms with Gasteiger partial charge in [-0.25, -0.2) is 9.97 Å². The molecule has 0 atom stereocenters. The largest absolute Gasteiger partial charge is 0.369 e. The van der Waals surface area contributed by atoms with Gasteiger partial charge in [-0.1, -0.05) is 36.5 Å². The molecule has 4 aromatic rings. The molecule has 32 heavy (non-hydrogen) atoms. The maximum Gasteiger partial charge on any atom is 0.131 e. The SMILES string of the molecule is Cc1ncc(-c2ccc3cnc(NC(=S)c4cccc(N5CCNCC5)c4)cc3c2)n1C. The quantitative estimate of drug-likeness (QED) is 0.463. The normalized spacial score (nSPS) is 14.0. The Bertz CT molecular complexity index is 1290. The van der Waals surface area contributed by atoms with Gasteiger partial charge in [-0.2, -0.15) is 0 Å². The minimum Gasteiger partial charge on any atom is -0.369 e. The maximum atomic E-state index is 5.71. The summed E-state index contributed by atoms with van der Waals surface area (Å²) in [6.45, 7) is 6.04. The molecule has 1 fully saturated rings. The average Bonchev–Trinajstić information content (AvgIpc) is 3.17. The highest BCUT2D eigenvalue weighted by atomic mass is 32.1. The first-order valence-corrected chi connectivity index (χ1v) is 11.2. The van der Waals surface area contributed by atoms with Crippen LogP contribution in [0.5, 0.6) is 0 Å². The van der Waals surface area contributed by atoms with Crippen LogP contribution in [0.2, 0.25) is 0 Å². The lowest BCUT2D eigenvalue weighted by atomic mass is 10.1. The van der Waals surface area contributed by atoms with Crippen molar-refractivity contribution in [2.75, 3.05) is 36.4 Å². The summed E-state index contributed by atoms with van der Waals surface area (Å²) in [5.74, 6) is 1.74. The first-order valence-electron chi connectivity index (χ1n) is 10.8. The predicted octanol–water partition coefficient (Wildman–Crippen LogP) is 4.14. The molecule has 1 aliphatic heterocycles. The summed E-state index contributed by atoms with van der Waals surface area (Å²) < 4.78 is 2.10. The Hall–Kier alpha value is -3.29. The highest BCUT2D eigenvalue weighted by Crippen LogP contribution is 2.26. The molecule has 0 saturated carbocycles. The van der Waals surface area contributed by atoms with Crippen molar-refractivity contribution in [2.24, 2.45) is 7.05 Å². The first-order chi connectivity index (χ1) is 15.6. The van der Waals surface area contributed by atoms with Crippen molar-refractivity contribution in [2.45, 2.75) is 6.92 Å². The van der Waals surface area contributed by atoms with E-state index in [0.29, 0.717) is 4.99 Å². The zero-order valence-electron chi connectivity index (χ0n) is 18.3. The Balaban J connectivity index is 1.39. The second-order valence-electron chi connectivity index (χ2n) is 8.12. The number of pyridine rings is 1. The molecule has 1 saturated heterocycles. The molecule has 0 aliphatic carbocycles. The molecule has 1 aliphatic rings. The van der Waals surface area contributed by atoms with Crippen LogP contribution < -0.4 is 15.5 Å². The summed E-state index contributed by atoms with van der Waals surface area (Å²) in [6.07, 6.45) is 3.80. The number of rotatable bonds is 4. The summed E-state index contributed by atoms with van der Waals surface area (Å²) in [5.41, 5.74) is 4.42. The number of hydrogen-bond donors (Lipinski definition) is 2. The van der Waals surface area contributed by atoms with E-state index in [-0.39, 0.29) is 0 Å². The number of benzene rings is 2. The highest BCUT2D eigenvalue weighted by Gasteiger charge is 2.12. The van der Waals surface area contributed by atoms with Crippen molar-refractivity contribution in [3.8, 4) is 11.3 Å². The third kappa shape index (κ3) is 4.09. The van der Waals surface area contributed by atoms with Gasteiger partial charge in [-0.05, 0) is 36.6 Å². The van der Waals surface area contributed by atoms with E-state index in [1.54, 1.807) is 0 Å². The zero-order chi connectivity index (χ0) is 22.1. The first kappa shape index (κ1) is 20.6. The van der Waals surface area contributed by atoms with Crippen LogP contribution in [-0.2, 0) is 7.05 Å². The molecular weight excluding hydrogens is 416 g/mol. The molecule has 162 valence electrons. The van der Waals surface area contributed by atoms with Gasteiger partial charge in [0.2, 0.25) is 0 Å². The Kier molecular flexibility index (Phi) is 5.59. The number of piperazine rings is 1. The van der Waals surface area contributed by atoms with Crippen LogP contribution in [0, 0.1) is 6.92 Å². The third-order valence-electron chi connectivity index (χ3n) is 6.07. The monoisotopic (exact) mass is 442 g/mol. The maximum absolute atomic E-state index is 5.71. The van der Waals surface area contributed by atoms with E-state index >= 15 is 0 Å². The smallest absolute Gasteiger partial charge is 0.131 e. The number of aryl methyl sites for hydroxylation is 1. The van der Waals surface area contributed by atoms with Gasteiger partial charge in [0, 0.05) is 61.6 Å². The molecule has 0 radical (unpaired) electrons. The highest BCUT2D eigenvalue weighted by molar-refractivity contribution is 7.81. The average molecular weight is 443 g/mol. The minimum atomic E-state index is 0.673. The van der Waals surface area contributed by atoms with Crippen molar-refractivity contribution in [3.63, 3.8) is 0 Å². The standard InChI is InChI=1S/C25H26N6S/c1-17-27-16-23(30(17)2)18-6-7-20-15-28-24(14-21(20)12-18)29-25(32)19-4-3-5-22(13-19)31-10-8-26-9-11-31/h3-7,12-16,26H,8-11H2,1-2H3,(H,28,29,32).